The fourth-order valence-corrected chi connectivity index (χ4v) is 7.43. The molecule has 0 radical (unpaired) electrons. The number of sulfonamides is 1. The molecule has 1 saturated heterocycles. The summed E-state index contributed by atoms with van der Waals surface area (Å²) >= 11 is 0. The lowest BCUT2D eigenvalue weighted by molar-refractivity contribution is 0.269. The molecule has 1 aliphatic rings. The molecule has 0 aliphatic carbocycles. The van der Waals surface area contributed by atoms with Crippen molar-refractivity contribution in [2.45, 2.75) is 51.5 Å². The Balaban J connectivity index is 2.32. The Morgan fingerprint density at radius 2 is 1.78 bits per heavy atom. The summed E-state index contributed by atoms with van der Waals surface area (Å²) in [4.78, 5) is 2.53. The van der Waals surface area contributed by atoms with Crippen LogP contribution in [0.15, 0.2) is 23.1 Å². The van der Waals surface area contributed by atoms with E-state index in [-0.39, 0.29) is 16.4 Å². The van der Waals surface area contributed by atoms with Crippen LogP contribution in [0.4, 0.5) is 0 Å². The summed E-state index contributed by atoms with van der Waals surface area (Å²) in [5, 5.41) is 0. The van der Waals surface area contributed by atoms with Gasteiger partial charge < -0.3 is 4.90 Å². The van der Waals surface area contributed by atoms with E-state index in [9.17, 15) is 16.8 Å². The third kappa shape index (κ3) is 5.53. The minimum Gasteiger partial charge on any atom is -0.304 e. The lowest BCUT2D eigenvalue weighted by atomic mass is 10.2. The van der Waals surface area contributed by atoms with E-state index >= 15 is 0 Å². The molecular formula is C19H32N2O4S2. The van der Waals surface area contributed by atoms with Gasteiger partial charge in [0.1, 0.15) is 0 Å². The van der Waals surface area contributed by atoms with Crippen LogP contribution < -0.4 is 0 Å². The number of aryl methyl sites for hydroxylation is 2. The van der Waals surface area contributed by atoms with E-state index in [1.807, 2.05) is 19.1 Å². The molecule has 1 aromatic carbocycles. The molecular weight excluding hydrogens is 384 g/mol. The van der Waals surface area contributed by atoms with Gasteiger partial charge in [0.2, 0.25) is 10.0 Å². The zero-order valence-corrected chi connectivity index (χ0v) is 18.4. The predicted molar refractivity (Wildman–Crippen MR) is 109 cm³/mol. The molecule has 1 fully saturated rings. The highest BCUT2D eigenvalue weighted by Crippen LogP contribution is 2.27. The van der Waals surface area contributed by atoms with Gasteiger partial charge in [0.05, 0.1) is 16.4 Å². The van der Waals surface area contributed by atoms with Gasteiger partial charge in [0.15, 0.2) is 9.84 Å². The predicted octanol–water partition coefficient (Wildman–Crippen LogP) is 2.21. The second-order valence-electron chi connectivity index (χ2n) is 7.32. The van der Waals surface area contributed by atoms with Crippen molar-refractivity contribution in [3.63, 3.8) is 0 Å². The van der Waals surface area contributed by atoms with Crippen LogP contribution >= 0.6 is 0 Å². The maximum Gasteiger partial charge on any atom is 0.243 e. The lowest BCUT2D eigenvalue weighted by Gasteiger charge is -2.29. The van der Waals surface area contributed by atoms with Crippen molar-refractivity contribution in [1.29, 1.82) is 0 Å². The summed E-state index contributed by atoms with van der Waals surface area (Å²) in [5.74, 6) is -0.0190. The van der Waals surface area contributed by atoms with Crippen molar-refractivity contribution in [3.8, 4) is 0 Å². The van der Waals surface area contributed by atoms with E-state index in [1.54, 1.807) is 13.0 Å². The van der Waals surface area contributed by atoms with Crippen molar-refractivity contribution >= 4 is 19.9 Å². The Labute approximate surface area is 164 Å². The van der Waals surface area contributed by atoms with Gasteiger partial charge in [-0.25, -0.2) is 16.8 Å². The molecule has 27 heavy (non-hydrogen) atoms. The highest BCUT2D eigenvalue weighted by Gasteiger charge is 2.39. The molecule has 2 rings (SSSR count). The molecule has 1 atom stereocenters. The lowest BCUT2D eigenvalue weighted by Crippen LogP contribution is -2.43. The second kappa shape index (κ2) is 9.03. The first kappa shape index (κ1) is 22.3. The fourth-order valence-electron chi connectivity index (χ4n) is 3.60. The number of rotatable bonds is 9. The molecule has 1 heterocycles. The molecule has 6 nitrogen and oxygen atoms in total. The number of nitrogens with zero attached hydrogens (tertiary/aromatic N) is 2. The van der Waals surface area contributed by atoms with E-state index in [1.165, 1.54) is 4.31 Å². The monoisotopic (exact) mass is 416 g/mol. The SMILES string of the molecule is CCN(CC)CCCN([C@H]1CCS(=O)(=O)C1)S(=O)(=O)c1cc(C)ccc1C. The molecule has 0 spiro atoms. The van der Waals surface area contributed by atoms with Gasteiger partial charge in [-0.05, 0) is 63.5 Å². The minimum atomic E-state index is -3.75. The Morgan fingerprint density at radius 3 is 2.33 bits per heavy atom. The molecule has 0 aromatic heterocycles. The molecule has 1 aliphatic heterocycles. The van der Waals surface area contributed by atoms with Crippen LogP contribution in [-0.4, -0.2) is 69.8 Å². The minimum absolute atomic E-state index is 0.0620. The normalized spacial score (nSPS) is 19.9. The summed E-state index contributed by atoms with van der Waals surface area (Å²) in [6.07, 6.45) is 1.06. The standard InChI is InChI=1S/C19H32N2O4S2/c1-5-20(6-2)11-7-12-21(18-10-13-26(22,23)15-18)27(24,25)19-14-16(3)8-9-17(19)4/h8-9,14,18H,5-7,10-13,15H2,1-4H3/t18-/m0/s1. The maximum absolute atomic E-state index is 13.4. The van der Waals surface area contributed by atoms with Crippen LogP contribution in [0.1, 0.15) is 37.8 Å². The van der Waals surface area contributed by atoms with Crippen molar-refractivity contribution in [2.24, 2.45) is 0 Å². The largest absolute Gasteiger partial charge is 0.304 e. The number of benzene rings is 1. The quantitative estimate of drug-likeness (QED) is 0.617. The van der Waals surface area contributed by atoms with Crippen LogP contribution in [0, 0.1) is 13.8 Å². The first-order valence-electron chi connectivity index (χ1n) is 9.62. The van der Waals surface area contributed by atoms with Gasteiger partial charge in [-0.1, -0.05) is 26.0 Å². The van der Waals surface area contributed by atoms with Crippen LogP contribution in [0.25, 0.3) is 0 Å². The molecule has 154 valence electrons. The zero-order chi connectivity index (χ0) is 20.2. The van der Waals surface area contributed by atoms with E-state index < -0.39 is 25.9 Å². The Bertz CT molecular complexity index is 846. The average Bonchev–Trinajstić information content (AvgIpc) is 2.96. The summed E-state index contributed by atoms with van der Waals surface area (Å²) in [5.41, 5.74) is 1.57. The highest BCUT2D eigenvalue weighted by molar-refractivity contribution is 7.92. The number of sulfone groups is 1. The van der Waals surface area contributed by atoms with Gasteiger partial charge in [0.25, 0.3) is 0 Å². The molecule has 0 N–H and O–H groups in total. The van der Waals surface area contributed by atoms with Gasteiger partial charge in [0, 0.05) is 12.6 Å². The molecule has 0 amide bonds. The van der Waals surface area contributed by atoms with E-state index in [2.05, 4.69) is 18.7 Å². The molecule has 1 aromatic rings. The first-order chi connectivity index (χ1) is 12.6. The Morgan fingerprint density at radius 1 is 1.11 bits per heavy atom. The maximum atomic E-state index is 13.4. The number of hydrogen-bond donors (Lipinski definition) is 0. The van der Waals surface area contributed by atoms with Gasteiger partial charge >= 0.3 is 0 Å². The van der Waals surface area contributed by atoms with Gasteiger partial charge in [-0.15, -0.1) is 0 Å². The summed E-state index contributed by atoms with van der Waals surface area (Å²) in [7, 11) is -6.92. The van der Waals surface area contributed by atoms with Crippen LogP contribution in [-0.2, 0) is 19.9 Å². The molecule has 0 bridgehead atoms. The molecule has 0 unspecified atom stereocenters. The van der Waals surface area contributed by atoms with Crippen LogP contribution in [0.5, 0.6) is 0 Å². The summed E-state index contributed by atoms with van der Waals surface area (Å²) < 4.78 is 52.3. The van der Waals surface area contributed by atoms with Crippen molar-refractivity contribution in [3.05, 3.63) is 29.3 Å². The number of hydrogen-bond acceptors (Lipinski definition) is 5. The van der Waals surface area contributed by atoms with E-state index in [4.69, 9.17) is 0 Å². The molecule has 0 saturated carbocycles. The first-order valence-corrected chi connectivity index (χ1v) is 12.9. The Hall–Kier alpha value is -0.960. The highest BCUT2D eigenvalue weighted by atomic mass is 32.2. The van der Waals surface area contributed by atoms with Gasteiger partial charge in [-0.3, -0.25) is 0 Å². The fraction of sp³-hybridized carbons (Fsp3) is 0.684. The average molecular weight is 417 g/mol. The van der Waals surface area contributed by atoms with Crippen molar-refractivity contribution < 1.29 is 16.8 Å². The third-order valence-corrected chi connectivity index (χ3v) is 9.14. The third-order valence-electron chi connectivity index (χ3n) is 5.29. The van der Waals surface area contributed by atoms with E-state index in [0.29, 0.717) is 24.9 Å². The molecule has 8 heteroatoms. The summed E-state index contributed by atoms with van der Waals surface area (Å²) in [6.45, 7) is 10.8. The smallest absolute Gasteiger partial charge is 0.243 e. The van der Waals surface area contributed by atoms with Gasteiger partial charge in [-0.2, -0.15) is 4.31 Å². The van der Waals surface area contributed by atoms with Crippen molar-refractivity contribution in [2.75, 3.05) is 37.7 Å². The Kier molecular flexibility index (Phi) is 7.47. The second-order valence-corrected chi connectivity index (χ2v) is 11.4. The van der Waals surface area contributed by atoms with E-state index in [0.717, 1.165) is 25.2 Å². The summed E-state index contributed by atoms with van der Waals surface area (Å²) in [6, 6.07) is 4.91. The van der Waals surface area contributed by atoms with Crippen LogP contribution in [0.3, 0.4) is 0 Å². The topological polar surface area (TPSA) is 74.8 Å². The van der Waals surface area contributed by atoms with Crippen LogP contribution in [0.2, 0.25) is 0 Å². The van der Waals surface area contributed by atoms with Crippen molar-refractivity contribution in [1.82, 2.24) is 9.21 Å². The zero-order valence-electron chi connectivity index (χ0n) is 16.8.